The lowest BCUT2D eigenvalue weighted by Gasteiger charge is -2.19. The van der Waals surface area contributed by atoms with Crippen LogP contribution in [-0.2, 0) is 16.8 Å². The summed E-state index contributed by atoms with van der Waals surface area (Å²) in [6.45, 7) is 6.31. The zero-order valence-electron chi connectivity index (χ0n) is 16.2. The molecule has 0 spiro atoms. The van der Waals surface area contributed by atoms with Gasteiger partial charge in [0.2, 0.25) is 0 Å². The number of methoxy groups -OCH3 is 1. The van der Waals surface area contributed by atoms with Crippen molar-refractivity contribution in [1.82, 2.24) is 3.96 Å². The van der Waals surface area contributed by atoms with Gasteiger partial charge in [0.25, 0.3) is 5.91 Å². The fourth-order valence-electron chi connectivity index (χ4n) is 2.32. The van der Waals surface area contributed by atoms with Gasteiger partial charge in [0.15, 0.2) is 0 Å². The van der Waals surface area contributed by atoms with Gasteiger partial charge in [-0.2, -0.15) is 4.99 Å². The van der Waals surface area contributed by atoms with Crippen molar-refractivity contribution in [2.24, 2.45) is 10.1 Å². The van der Waals surface area contributed by atoms with E-state index < -0.39 is 0 Å². The van der Waals surface area contributed by atoms with Crippen LogP contribution in [0, 0.1) is 0 Å². The van der Waals surface area contributed by atoms with Crippen LogP contribution in [-0.4, -0.2) is 30.3 Å². The number of ether oxygens (including phenoxy) is 1. The van der Waals surface area contributed by atoms with Crippen molar-refractivity contribution in [3.63, 3.8) is 0 Å². The summed E-state index contributed by atoms with van der Waals surface area (Å²) in [7, 11) is 3.02. The van der Waals surface area contributed by atoms with Gasteiger partial charge in [0.05, 0.1) is 12.7 Å². The monoisotopic (exact) mass is 409 g/mol. The lowest BCUT2D eigenvalue weighted by atomic mass is 10.1. The van der Waals surface area contributed by atoms with Crippen LogP contribution in [0.25, 0.3) is 0 Å². The SMILES string of the molecule is CO/N=C/CCc1cn(C(C)(C)C)s/c1=N\C(=O)c1cc(Cl)ccc1OC. The van der Waals surface area contributed by atoms with Crippen molar-refractivity contribution in [1.29, 1.82) is 0 Å². The van der Waals surface area contributed by atoms with E-state index in [-0.39, 0.29) is 11.4 Å². The summed E-state index contributed by atoms with van der Waals surface area (Å²) in [6.07, 6.45) is 5.12. The van der Waals surface area contributed by atoms with E-state index in [2.05, 4.69) is 34.9 Å². The van der Waals surface area contributed by atoms with Gasteiger partial charge in [0.1, 0.15) is 17.5 Å². The van der Waals surface area contributed by atoms with Crippen LogP contribution >= 0.6 is 23.1 Å². The third kappa shape index (κ3) is 5.68. The normalized spacial score (nSPS) is 12.6. The van der Waals surface area contributed by atoms with Crippen molar-refractivity contribution < 1.29 is 14.4 Å². The average Bonchev–Trinajstić information content (AvgIpc) is 3.01. The molecule has 0 saturated heterocycles. The summed E-state index contributed by atoms with van der Waals surface area (Å²) in [6, 6.07) is 4.91. The molecule has 6 nitrogen and oxygen atoms in total. The van der Waals surface area contributed by atoms with E-state index in [1.165, 1.54) is 25.8 Å². The van der Waals surface area contributed by atoms with Crippen molar-refractivity contribution in [2.75, 3.05) is 14.2 Å². The fraction of sp³-hybridized carbons (Fsp3) is 0.421. The second kappa shape index (κ2) is 9.19. The highest BCUT2D eigenvalue weighted by atomic mass is 35.5. The Hall–Kier alpha value is -2.12. The number of aryl methyl sites for hydroxylation is 1. The molecule has 0 fully saturated rings. The maximum Gasteiger partial charge on any atom is 0.282 e. The van der Waals surface area contributed by atoms with Gasteiger partial charge >= 0.3 is 0 Å². The van der Waals surface area contributed by atoms with E-state index in [1.807, 2.05) is 6.20 Å². The minimum atomic E-state index is -0.385. The molecule has 8 heteroatoms. The maximum absolute atomic E-state index is 12.8. The average molecular weight is 410 g/mol. The molecule has 0 radical (unpaired) electrons. The fourth-order valence-corrected chi connectivity index (χ4v) is 3.52. The molecule has 0 N–H and O–H groups in total. The molecule has 1 amide bonds. The van der Waals surface area contributed by atoms with Crippen LogP contribution in [0.5, 0.6) is 5.75 Å². The van der Waals surface area contributed by atoms with Crippen molar-refractivity contribution in [2.45, 2.75) is 39.2 Å². The zero-order chi connectivity index (χ0) is 20.0. The summed E-state index contributed by atoms with van der Waals surface area (Å²) in [5.41, 5.74) is 1.21. The Bertz CT molecular complexity index is 894. The van der Waals surface area contributed by atoms with Crippen LogP contribution in [0.1, 0.15) is 43.1 Å². The Kier molecular flexibility index (Phi) is 7.21. The number of benzene rings is 1. The molecule has 1 heterocycles. The number of oxime groups is 1. The van der Waals surface area contributed by atoms with E-state index in [4.69, 9.17) is 21.2 Å². The number of aromatic nitrogens is 1. The second-order valence-corrected chi connectivity index (χ2v) is 8.22. The number of halogens is 1. The predicted octanol–water partition coefficient (Wildman–Crippen LogP) is 4.27. The number of hydrogen-bond acceptors (Lipinski definition) is 5. The standard InChI is InChI=1S/C19H24ClN3O3S/c1-19(2,3)23-12-13(7-6-10-21-26-5)18(27-23)22-17(24)15-11-14(20)8-9-16(15)25-4/h8-12H,6-7H2,1-5H3/b21-10+,22-18-. The third-order valence-electron chi connectivity index (χ3n) is 3.71. The van der Waals surface area contributed by atoms with Gasteiger partial charge in [0, 0.05) is 28.5 Å². The number of amides is 1. The summed E-state index contributed by atoms with van der Waals surface area (Å²) in [5, 5.41) is 4.22. The first-order valence-electron chi connectivity index (χ1n) is 8.46. The van der Waals surface area contributed by atoms with E-state index >= 15 is 0 Å². The summed E-state index contributed by atoms with van der Waals surface area (Å²) in [4.78, 5) is 21.8. The number of rotatable bonds is 6. The van der Waals surface area contributed by atoms with Crippen molar-refractivity contribution >= 4 is 35.3 Å². The summed E-state index contributed by atoms with van der Waals surface area (Å²) >= 11 is 7.49. The highest BCUT2D eigenvalue weighted by Crippen LogP contribution is 2.23. The van der Waals surface area contributed by atoms with Crippen LogP contribution < -0.4 is 9.41 Å². The molecule has 0 saturated carbocycles. The van der Waals surface area contributed by atoms with E-state index in [0.29, 0.717) is 33.8 Å². The van der Waals surface area contributed by atoms with Gasteiger partial charge in [-0.1, -0.05) is 16.8 Å². The highest BCUT2D eigenvalue weighted by Gasteiger charge is 2.17. The summed E-state index contributed by atoms with van der Waals surface area (Å²) in [5.74, 6) is 0.0613. The van der Waals surface area contributed by atoms with Gasteiger partial charge in [-0.3, -0.25) is 8.75 Å². The van der Waals surface area contributed by atoms with E-state index in [0.717, 1.165) is 5.56 Å². The molecular formula is C19H24ClN3O3S. The number of nitrogens with zero attached hydrogens (tertiary/aromatic N) is 3. The molecule has 27 heavy (non-hydrogen) atoms. The molecule has 0 aliphatic heterocycles. The molecule has 1 aromatic carbocycles. The molecule has 146 valence electrons. The van der Waals surface area contributed by atoms with Crippen molar-refractivity contribution in [3.05, 3.63) is 45.2 Å². The minimum Gasteiger partial charge on any atom is -0.496 e. The van der Waals surface area contributed by atoms with E-state index in [9.17, 15) is 4.79 Å². The highest BCUT2D eigenvalue weighted by molar-refractivity contribution is 7.04. The zero-order valence-corrected chi connectivity index (χ0v) is 17.7. The largest absolute Gasteiger partial charge is 0.496 e. The first-order valence-corrected chi connectivity index (χ1v) is 9.61. The van der Waals surface area contributed by atoms with Gasteiger partial charge in [-0.15, -0.1) is 0 Å². The van der Waals surface area contributed by atoms with Crippen LogP contribution in [0.3, 0.4) is 0 Å². The number of hydrogen-bond donors (Lipinski definition) is 0. The van der Waals surface area contributed by atoms with Crippen LogP contribution in [0.4, 0.5) is 0 Å². The first-order chi connectivity index (χ1) is 12.8. The Morgan fingerprint density at radius 2 is 2.07 bits per heavy atom. The van der Waals surface area contributed by atoms with Crippen LogP contribution in [0.15, 0.2) is 34.5 Å². The van der Waals surface area contributed by atoms with Crippen molar-refractivity contribution in [3.8, 4) is 5.75 Å². The van der Waals surface area contributed by atoms with Crippen LogP contribution in [0.2, 0.25) is 5.02 Å². The third-order valence-corrected chi connectivity index (χ3v) is 5.32. The predicted molar refractivity (Wildman–Crippen MR) is 109 cm³/mol. The first kappa shape index (κ1) is 21.2. The molecule has 0 aliphatic carbocycles. The lowest BCUT2D eigenvalue weighted by molar-refractivity contribution is 0.0996. The number of carbonyl (C=O) groups excluding carboxylic acids is 1. The quantitative estimate of drug-likeness (QED) is 0.528. The molecule has 2 aromatic rings. The van der Waals surface area contributed by atoms with Gasteiger partial charge in [-0.25, -0.2) is 0 Å². The molecule has 0 bridgehead atoms. The Balaban J connectivity index is 2.45. The Morgan fingerprint density at radius 3 is 2.70 bits per heavy atom. The molecule has 1 aromatic heterocycles. The van der Waals surface area contributed by atoms with Gasteiger partial charge in [-0.05, 0) is 63.3 Å². The molecule has 0 aliphatic rings. The maximum atomic E-state index is 12.8. The molecular weight excluding hydrogens is 386 g/mol. The van der Waals surface area contributed by atoms with Gasteiger partial charge < -0.3 is 9.57 Å². The Labute approximate surface area is 168 Å². The van der Waals surface area contributed by atoms with E-state index in [1.54, 1.807) is 24.4 Å². The number of carbonyl (C=O) groups is 1. The molecule has 2 rings (SSSR count). The minimum absolute atomic E-state index is 0.107. The molecule has 0 atom stereocenters. The second-order valence-electron chi connectivity index (χ2n) is 6.82. The molecule has 0 unspecified atom stereocenters. The lowest BCUT2D eigenvalue weighted by Crippen LogP contribution is -2.18. The summed E-state index contributed by atoms with van der Waals surface area (Å²) < 4.78 is 8.03. The Morgan fingerprint density at radius 1 is 1.33 bits per heavy atom. The topological polar surface area (TPSA) is 65.2 Å². The smallest absolute Gasteiger partial charge is 0.282 e.